The molecule has 0 aliphatic carbocycles. The first-order valence-corrected chi connectivity index (χ1v) is 21.0. The zero-order chi connectivity index (χ0) is 37.9. The largest absolute Gasteiger partial charge is 0.392 e. The van der Waals surface area contributed by atoms with E-state index in [1.54, 1.807) is 7.11 Å². The summed E-state index contributed by atoms with van der Waals surface area (Å²) in [7, 11) is 1.65. The van der Waals surface area contributed by atoms with Crippen molar-refractivity contribution in [3.8, 4) is 0 Å². The van der Waals surface area contributed by atoms with Gasteiger partial charge in [-0.3, -0.25) is 4.79 Å². The van der Waals surface area contributed by atoms with Gasteiger partial charge in [0.1, 0.15) is 18.0 Å². The third-order valence-corrected chi connectivity index (χ3v) is 14.4. The van der Waals surface area contributed by atoms with Crippen molar-refractivity contribution in [1.29, 1.82) is 0 Å². The molecule has 8 aliphatic rings. The molecule has 8 rings (SSSR count). The molecule has 8 saturated heterocycles. The van der Waals surface area contributed by atoms with Gasteiger partial charge in [-0.05, 0) is 68.4 Å². The van der Waals surface area contributed by atoms with Crippen molar-refractivity contribution in [3.05, 3.63) is 24.3 Å². The van der Waals surface area contributed by atoms with Crippen molar-refractivity contribution in [2.45, 2.75) is 194 Å². The normalized spacial score (nSPS) is 50.6. The van der Waals surface area contributed by atoms with Crippen LogP contribution in [0.4, 0.5) is 0 Å². The van der Waals surface area contributed by atoms with E-state index in [0.29, 0.717) is 38.7 Å². The number of rotatable bonds is 4. The maximum Gasteiger partial charge on any atom is 0.135 e. The fourth-order valence-electron chi connectivity index (χ4n) is 11.4. The molecule has 0 amide bonds. The van der Waals surface area contributed by atoms with Crippen LogP contribution in [0.15, 0.2) is 24.3 Å². The lowest BCUT2D eigenvalue weighted by Crippen LogP contribution is -2.63. The summed E-state index contributed by atoms with van der Waals surface area (Å²) in [4.78, 5) is 14.1. The molecular weight excluding hydrogens is 694 g/mol. The van der Waals surface area contributed by atoms with Gasteiger partial charge in [0.05, 0.1) is 91.6 Å². The van der Waals surface area contributed by atoms with Crippen molar-refractivity contribution in [1.82, 2.24) is 0 Å². The Balaban J connectivity index is 1.07. The molecule has 304 valence electrons. The highest BCUT2D eigenvalue weighted by Crippen LogP contribution is 2.48. The SMILES string of the molecule is C=C1C[C@@H]2CC[C@@]34CO[C@H]5[C@H]6O[C@H](CC[C@@H]6OC([C@H]5C)[C@@H](O3)[C@H](O)C4)CC(=O)C[C@@H]3[C@@H](OC)[C@@H](C[C@H](O)CN)O[C@H]3C[C@H]3O[C@@H](CC[C@@H]1O2)C[C@@H](C)C3=C. The van der Waals surface area contributed by atoms with E-state index in [1.165, 1.54) is 0 Å². The third-order valence-electron chi connectivity index (χ3n) is 14.4. The minimum absolute atomic E-state index is 0.0254. The molecule has 12 heteroatoms. The number of fused-ring (bicyclic) bond motifs is 10. The summed E-state index contributed by atoms with van der Waals surface area (Å²) in [5.41, 5.74) is 7.34. The van der Waals surface area contributed by atoms with E-state index in [0.717, 1.165) is 49.7 Å². The fourth-order valence-corrected chi connectivity index (χ4v) is 11.4. The molecule has 8 fully saturated rings. The molecule has 1 spiro atoms. The Morgan fingerprint density at radius 3 is 2.44 bits per heavy atom. The first kappa shape index (κ1) is 39.5. The number of Topliss-reactive ketones (excluding diaryl/α,β-unsaturated/α-hetero) is 1. The second-order valence-corrected chi connectivity index (χ2v) is 18.2. The maximum absolute atomic E-state index is 14.1. The van der Waals surface area contributed by atoms with Crippen LogP contribution in [-0.2, 0) is 42.7 Å². The predicted octanol–water partition coefficient (Wildman–Crippen LogP) is 3.71. The molecule has 0 aromatic rings. The molecule has 0 aromatic carbocycles. The summed E-state index contributed by atoms with van der Waals surface area (Å²) in [6.45, 7) is 13.7. The summed E-state index contributed by atoms with van der Waals surface area (Å²) < 4.78 is 53.3. The third kappa shape index (κ3) is 7.80. The second-order valence-electron chi connectivity index (χ2n) is 18.2. The molecule has 10 bridgehead atoms. The number of aliphatic hydroxyl groups is 2. The monoisotopic (exact) mass is 759 g/mol. The molecule has 0 saturated carbocycles. The van der Waals surface area contributed by atoms with Crippen LogP contribution in [0.1, 0.15) is 97.3 Å². The van der Waals surface area contributed by atoms with Gasteiger partial charge in [-0.1, -0.05) is 27.0 Å². The zero-order valence-electron chi connectivity index (χ0n) is 32.6. The van der Waals surface area contributed by atoms with Crippen molar-refractivity contribution < 1.29 is 52.9 Å². The van der Waals surface area contributed by atoms with E-state index in [1.807, 2.05) is 0 Å². The zero-order valence-corrected chi connectivity index (χ0v) is 32.6. The number of ketones is 1. The molecule has 8 aliphatic heterocycles. The maximum atomic E-state index is 14.1. The van der Waals surface area contributed by atoms with Gasteiger partial charge in [-0.15, -0.1) is 0 Å². The van der Waals surface area contributed by atoms with Gasteiger partial charge >= 0.3 is 0 Å². The highest BCUT2D eigenvalue weighted by molar-refractivity contribution is 5.79. The predicted molar refractivity (Wildman–Crippen MR) is 198 cm³/mol. The van der Waals surface area contributed by atoms with Gasteiger partial charge in [0, 0.05) is 57.6 Å². The molecule has 54 heavy (non-hydrogen) atoms. The van der Waals surface area contributed by atoms with E-state index >= 15 is 0 Å². The smallest absolute Gasteiger partial charge is 0.135 e. The minimum atomic E-state index is -0.737. The molecular formula is C42H65NO11. The van der Waals surface area contributed by atoms with Crippen LogP contribution in [-0.4, -0.2) is 133 Å². The van der Waals surface area contributed by atoms with E-state index in [9.17, 15) is 15.0 Å². The molecule has 1 unspecified atom stereocenters. The molecule has 8 heterocycles. The Kier molecular flexibility index (Phi) is 11.8. The second kappa shape index (κ2) is 16.2. The summed E-state index contributed by atoms with van der Waals surface area (Å²) in [5, 5.41) is 22.0. The van der Waals surface area contributed by atoms with Crippen LogP contribution < -0.4 is 5.73 Å². The summed E-state index contributed by atoms with van der Waals surface area (Å²) in [6.07, 6.45) is 3.66. The van der Waals surface area contributed by atoms with Gasteiger partial charge in [0.2, 0.25) is 0 Å². The standard InChI is InChI=1S/C42H65NO11/c1-21-12-27-6-8-32-22(2)13-29(49-32)10-11-42-18-31(46)40(54-42)38-24(4)37(48-20-42)41-33(53-38)9-7-28(51-41)14-25(44)15-30-35(17-34(50-27)23(21)3)52-36(39(30)47-5)16-26(45)19-43/h21,24,26-41,45-46H,2-3,6-20,43H2,1,4-5H3/t21-,24+,26+,27+,28-,29+,30+,31-,32+,33+,34-,35+,36-,37-,38?,39-,40+,41+,42-/m1/s1. The van der Waals surface area contributed by atoms with E-state index in [4.69, 9.17) is 43.6 Å². The van der Waals surface area contributed by atoms with E-state index in [-0.39, 0.29) is 110 Å². The van der Waals surface area contributed by atoms with Gasteiger partial charge in [0.25, 0.3) is 0 Å². The van der Waals surface area contributed by atoms with Gasteiger partial charge in [-0.2, -0.15) is 0 Å². The van der Waals surface area contributed by atoms with E-state index < -0.39 is 30.0 Å². The van der Waals surface area contributed by atoms with Crippen LogP contribution in [0.25, 0.3) is 0 Å². The average molecular weight is 760 g/mol. The number of aliphatic hydroxyl groups excluding tert-OH is 2. The first-order chi connectivity index (χ1) is 25.9. The quantitative estimate of drug-likeness (QED) is 0.358. The van der Waals surface area contributed by atoms with Crippen LogP contribution in [0.3, 0.4) is 0 Å². The van der Waals surface area contributed by atoms with E-state index in [2.05, 4.69) is 27.0 Å². The first-order valence-electron chi connectivity index (χ1n) is 21.0. The fraction of sp³-hybridized carbons (Fsp3) is 0.881. The Morgan fingerprint density at radius 1 is 0.870 bits per heavy atom. The molecule has 4 N–H and O–H groups in total. The topological polar surface area (TPSA) is 157 Å². The van der Waals surface area contributed by atoms with Crippen LogP contribution in [0.5, 0.6) is 0 Å². The van der Waals surface area contributed by atoms with Crippen LogP contribution in [0, 0.1) is 17.8 Å². The molecule has 12 nitrogen and oxygen atoms in total. The van der Waals surface area contributed by atoms with Crippen molar-refractivity contribution >= 4 is 5.78 Å². The lowest BCUT2D eigenvalue weighted by molar-refractivity contribution is -0.301. The number of hydrogen-bond donors (Lipinski definition) is 3. The van der Waals surface area contributed by atoms with Gasteiger partial charge in [-0.25, -0.2) is 0 Å². The van der Waals surface area contributed by atoms with Crippen molar-refractivity contribution in [2.24, 2.45) is 23.5 Å². The minimum Gasteiger partial charge on any atom is -0.392 e. The molecule has 0 aromatic heterocycles. The lowest BCUT2D eigenvalue weighted by Gasteiger charge is -2.52. The molecule has 19 atom stereocenters. The summed E-state index contributed by atoms with van der Waals surface area (Å²) in [5.74, 6) is 0.0625. The Hall–Kier alpha value is -1.29. The highest BCUT2D eigenvalue weighted by atomic mass is 16.6. The summed E-state index contributed by atoms with van der Waals surface area (Å²) >= 11 is 0. The average Bonchev–Trinajstić information content (AvgIpc) is 3.78. The Labute approximate surface area is 320 Å². The number of ether oxygens (including phenoxy) is 8. The number of hydrogen-bond acceptors (Lipinski definition) is 12. The van der Waals surface area contributed by atoms with Crippen LogP contribution in [0.2, 0.25) is 0 Å². The Bertz CT molecular complexity index is 1380. The summed E-state index contributed by atoms with van der Waals surface area (Å²) in [6, 6.07) is 0. The van der Waals surface area contributed by atoms with Gasteiger partial charge < -0.3 is 53.8 Å². The van der Waals surface area contributed by atoms with Crippen molar-refractivity contribution in [3.63, 3.8) is 0 Å². The number of nitrogens with two attached hydrogens (primary N) is 1. The number of carbonyl (C=O) groups is 1. The van der Waals surface area contributed by atoms with Crippen molar-refractivity contribution in [2.75, 3.05) is 20.3 Å². The van der Waals surface area contributed by atoms with Crippen LogP contribution >= 0.6 is 0 Å². The number of carbonyl (C=O) groups excluding carboxylic acids is 1. The van der Waals surface area contributed by atoms with Gasteiger partial charge in [0.15, 0.2) is 0 Å². The lowest BCUT2D eigenvalue weighted by atomic mass is 9.80. The molecule has 0 radical (unpaired) electrons. The number of methoxy groups -OCH3 is 1. The highest BCUT2D eigenvalue weighted by Gasteiger charge is 2.59. The Morgan fingerprint density at radius 2 is 1.65 bits per heavy atom.